The van der Waals surface area contributed by atoms with E-state index in [9.17, 15) is 0 Å². The van der Waals surface area contributed by atoms with Gasteiger partial charge in [0.25, 0.3) is 0 Å². The molecule has 120 heavy (non-hydrogen) atoms. The maximum atomic E-state index is 16.2. The van der Waals surface area contributed by atoms with Gasteiger partial charge in [-0.1, -0.05) is 138 Å². The topological polar surface area (TPSA) is 459 Å². The number of carbonyl (C=O) groups is 12. The number of piperidine rings is 1. The largest absolute Gasteiger partial charge is 0.361 e. The Morgan fingerprint density at radius 2 is 0.817 bits per heavy atom. The predicted molar refractivity (Wildman–Crippen MR) is 449 cm³/mol. The number of aromatic amines is 6. The Balaban J connectivity index is 0.899. The first-order valence-electron chi connectivity index (χ1n) is 40.9. The van der Waals surface area contributed by atoms with Crippen molar-refractivity contribution in [2.45, 2.75) is 170 Å². The SMILES string of the molecule is O=C1CC2(CCNCC2)C(=O)C[C@@H](Cc2c[nH]cn2)C(=O)N[C@H](Cc2ccccc2)C(=O)N[C@@H](Cc2c[nH]cn2)C(=O)N[C@@H](Cc2c[nH]c3ccccc23)C(=O)N[C@H]2CSSC[C@@H]1CC(=O)[C@H](Cc1c[nH]c3ccccc13)CC(=O)[C@H](Cc1c[nH]cn1)NC(=O)[C@@H](Cc1ccccc1)NC(=O)[C@H](Cc1c[nH]cn1)NC(=O)C1(CCCCC1)NC2=O. The van der Waals surface area contributed by atoms with E-state index in [1.165, 1.54) is 25.3 Å². The van der Waals surface area contributed by atoms with Crippen molar-refractivity contribution in [3.63, 3.8) is 0 Å². The Kier molecular flexibility index (Phi) is 27.9. The van der Waals surface area contributed by atoms with Crippen LogP contribution >= 0.6 is 21.6 Å². The smallest absolute Gasteiger partial charge is 0.246 e. The summed E-state index contributed by atoms with van der Waals surface area (Å²) in [6.07, 6.45) is 14.5. The van der Waals surface area contributed by atoms with Crippen LogP contribution < -0.4 is 47.9 Å². The van der Waals surface area contributed by atoms with Crippen molar-refractivity contribution in [2.24, 2.45) is 23.2 Å². The van der Waals surface area contributed by atoms with E-state index in [1.807, 2.05) is 48.5 Å². The highest BCUT2D eigenvalue weighted by Crippen LogP contribution is 2.40. The number of hydrogen-bond donors (Lipinski definition) is 15. The molecule has 10 atom stereocenters. The second-order valence-electron chi connectivity index (χ2n) is 31.9. The van der Waals surface area contributed by atoms with E-state index in [0.717, 1.165) is 32.5 Å². The van der Waals surface area contributed by atoms with Crippen LogP contribution in [-0.2, 0) is 109 Å². The van der Waals surface area contributed by atoms with Gasteiger partial charge in [0, 0.05) is 158 Å². The van der Waals surface area contributed by atoms with Gasteiger partial charge >= 0.3 is 0 Å². The van der Waals surface area contributed by atoms with E-state index in [-0.39, 0.29) is 95.0 Å². The quantitative estimate of drug-likeness (QED) is 0.0534. The van der Waals surface area contributed by atoms with Crippen LogP contribution in [0, 0.1) is 23.2 Å². The first kappa shape index (κ1) is 84.4. The molecular formula is C87H99N19O12S2. The van der Waals surface area contributed by atoms with Gasteiger partial charge in [0.1, 0.15) is 59.1 Å². The number of carbonyl (C=O) groups excluding carboxylic acids is 12. The van der Waals surface area contributed by atoms with Crippen molar-refractivity contribution < 1.29 is 57.5 Å². The summed E-state index contributed by atoms with van der Waals surface area (Å²) in [5.74, 6) is -12.4. The predicted octanol–water partition coefficient (Wildman–Crippen LogP) is 5.46. The molecule has 33 heteroatoms. The average Bonchev–Trinajstić information content (AvgIpc) is 1.07. The number of ketones is 4. The highest BCUT2D eigenvalue weighted by molar-refractivity contribution is 8.76. The van der Waals surface area contributed by atoms with Gasteiger partial charge in [0.15, 0.2) is 5.78 Å². The standard InChI is InChI=1S/C87H99N19O12S2/c107-74-34-58-46-119-120-47-73(84(117)106-87(22-12-3-13-23-87)85(118)105-72(38-62-45-92-51-98-62)83(116)101-69(29-53-16-6-2-7-17-53)79(112)99-67(36-60-43-90-49-96-60)75(108)33-54(74)30-56-40-93-65-20-10-8-18-63(56)65)104-81(114)70(32-57-41-94-66-21-11-9-19-64(57)66)102-82(115)71(37-61-44-91-50-97-61)103-80(113)68(28-52-14-4-1-5-15-52)100-78(111)55(31-59-42-89-48-95-59)35-77(110)86(39-76(58)109)24-26-88-27-25-86/h1-2,4-11,14-21,40-45,48-51,54-55,58,67-73,88,93-94H,3,12-13,22-39,46-47H2,(H,89,95)(H,90,96)(H,91,97)(H,92,98)(H,99,112)(H,100,111)(H,101,116)(H,102,115)(H,103,113)(H,104,114)(H,105,118)(H,106,117)/t54-,55-,58+,67+,68-,69-,70+,71+,72+,73+/m1/s1. The zero-order valence-corrected chi connectivity index (χ0v) is 67.8. The highest BCUT2D eigenvalue weighted by atomic mass is 33.1. The molecular weight excluding hydrogens is 1570 g/mol. The van der Waals surface area contributed by atoms with Crippen LogP contribution in [0.3, 0.4) is 0 Å². The lowest BCUT2D eigenvalue weighted by Gasteiger charge is -2.38. The van der Waals surface area contributed by atoms with Gasteiger partial charge < -0.3 is 77.8 Å². The van der Waals surface area contributed by atoms with E-state index in [4.69, 9.17) is 0 Å². The molecule has 15 N–H and O–H groups in total. The molecule has 14 rings (SSSR count). The summed E-state index contributed by atoms with van der Waals surface area (Å²) in [7, 11) is 2.20. The van der Waals surface area contributed by atoms with Crippen molar-refractivity contribution in [3.05, 3.63) is 217 Å². The molecule has 4 fully saturated rings. The second-order valence-corrected chi connectivity index (χ2v) is 34.4. The summed E-state index contributed by atoms with van der Waals surface area (Å²) in [6.45, 7) is 0.596. The Bertz CT molecular complexity index is 4900. The lowest BCUT2D eigenvalue weighted by atomic mass is 9.68. The molecule has 3 saturated heterocycles. The van der Waals surface area contributed by atoms with E-state index >= 15 is 57.5 Å². The minimum absolute atomic E-state index is 0.0256. The number of Topliss-reactive ketones (excluding diaryl/α,β-unsaturated/α-hetero) is 4. The molecule has 2 bridgehead atoms. The third-order valence-corrected chi connectivity index (χ3v) is 26.1. The number of H-pyrrole nitrogens is 6. The number of amides is 8. The van der Waals surface area contributed by atoms with Crippen LogP contribution in [0.1, 0.15) is 116 Å². The van der Waals surface area contributed by atoms with Crippen molar-refractivity contribution in [1.29, 1.82) is 0 Å². The van der Waals surface area contributed by atoms with E-state index < -0.39 is 161 Å². The van der Waals surface area contributed by atoms with Crippen molar-refractivity contribution in [1.82, 2.24) is 97.7 Å². The average molecular weight is 1670 g/mol. The van der Waals surface area contributed by atoms with Gasteiger partial charge in [-0.15, -0.1) is 0 Å². The first-order chi connectivity index (χ1) is 58.3. The summed E-state index contributed by atoms with van der Waals surface area (Å²) in [6, 6.07) is 22.3. The van der Waals surface area contributed by atoms with Crippen molar-refractivity contribution in [3.8, 4) is 0 Å². The maximum Gasteiger partial charge on any atom is 0.246 e. The monoisotopic (exact) mass is 1670 g/mol. The molecule has 9 heterocycles. The van der Waals surface area contributed by atoms with Gasteiger partial charge in [0.2, 0.25) is 47.3 Å². The van der Waals surface area contributed by atoms with Gasteiger partial charge in [-0.3, -0.25) is 57.5 Å². The Morgan fingerprint density at radius 3 is 1.35 bits per heavy atom. The summed E-state index contributed by atoms with van der Waals surface area (Å²) < 4.78 is 0. The first-order valence-corrected chi connectivity index (χ1v) is 43.4. The van der Waals surface area contributed by atoms with Crippen LogP contribution in [0.5, 0.6) is 0 Å². The molecule has 3 aliphatic heterocycles. The van der Waals surface area contributed by atoms with Gasteiger partial charge in [-0.05, 0) is 79.6 Å². The van der Waals surface area contributed by atoms with Crippen LogP contribution in [0.2, 0.25) is 0 Å². The Hall–Kier alpha value is -12.1. The fraction of sp³-hybridized carbons (Fsp3) is 0.402. The number of para-hydroxylation sites is 2. The van der Waals surface area contributed by atoms with Crippen LogP contribution in [-0.4, -0.2) is 193 Å². The van der Waals surface area contributed by atoms with Crippen LogP contribution in [0.25, 0.3) is 21.8 Å². The summed E-state index contributed by atoms with van der Waals surface area (Å²) in [5.41, 5.74) is 2.26. The summed E-state index contributed by atoms with van der Waals surface area (Å²) >= 11 is 0. The molecule has 626 valence electrons. The Labute approximate surface area is 699 Å². The zero-order chi connectivity index (χ0) is 83.5. The van der Waals surface area contributed by atoms with Gasteiger partial charge in [-0.2, -0.15) is 0 Å². The normalized spacial score (nSPS) is 24.2. The molecule has 4 aromatic carbocycles. The molecule has 1 saturated carbocycles. The third-order valence-electron chi connectivity index (χ3n) is 23.6. The van der Waals surface area contributed by atoms with Gasteiger partial charge in [0.05, 0.1) is 60.0 Å². The number of benzene rings is 4. The number of fused-ring (bicyclic) bond motifs is 7. The van der Waals surface area contributed by atoms with Crippen LogP contribution in [0.15, 0.2) is 172 Å². The number of rotatable bonds is 16. The molecule has 2 spiro atoms. The molecule has 0 radical (unpaired) electrons. The molecule has 1 aliphatic carbocycles. The van der Waals surface area contributed by atoms with Crippen molar-refractivity contribution >= 4 is 114 Å². The number of nitrogens with one attached hydrogen (secondary N) is 15. The number of imidazole rings is 4. The minimum Gasteiger partial charge on any atom is -0.361 e. The molecule has 4 aliphatic rings. The fourth-order valence-corrected chi connectivity index (χ4v) is 19.3. The molecule has 10 aromatic rings. The molecule has 31 nitrogen and oxygen atoms in total. The molecule has 0 unspecified atom stereocenters. The number of aromatic nitrogens is 10. The van der Waals surface area contributed by atoms with E-state index in [1.54, 1.807) is 97.8 Å². The fourth-order valence-electron chi connectivity index (χ4n) is 16.8. The Morgan fingerprint density at radius 1 is 0.367 bits per heavy atom. The molecule has 6 aromatic heterocycles. The van der Waals surface area contributed by atoms with Gasteiger partial charge in [-0.25, -0.2) is 19.9 Å². The zero-order valence-electron chi connectivity index (χ0n) is 66.2. The lowest BCUT2D eigenvalue weighted by Crippen LogP contribution is -2.66. The molecule has 8 amide bonds. The lowest BCUT2D eigenvalue weighted by molar-refractivity contribution is -0.140. The third kappa shape index (κ3) is 21.5. The number of hydrogen-bond acceptors (Lipinski definition) is 19. The van der Waals surface area contributed by atoms with E-state index in [0.29, 0.717) is 88.3 Å². The van der Waals surface area contributed by atoms with Crippen molar-refractivity contribution in [2.75, 3.05) is 24.6 Å². The summed E-state index contributed by atoms with van der Waals surface area (Å²) in [5, 5.41) is 28.6. The van der Waals surface area contributed by atoms with E-state index in [2.05, 4.69) is 97.7 Å². The number of nitrogens with zero attached hydrogens (tertiary/aromatic N) is 4. The van der Waals surface area contributed by atoms with Crippen LogP contribution in [0.4, 0.5) is 0 Å². The summed E-state index contributed by atoms with van der Waals surface area (Å²) in [4.78, 5) is 226. The minimum atomic E-state index is -1.76. The highest BCUT2D eigenvalue weighted by Gasteiger charge is 2.48. The maximum absolute atomic E-state index is 16.2. The second kappa shape index (κ2) is 39.6.